The SMILES string of the molecule is CCCCCCCC(=O)NC(=S)NNC(=O)c1ccc(NC(=O)CCCC)cc1. The highest BCUT2D eigenvalue weighted by Crippen LogP contribution is 2.10. The van der Waals surface area contributed by atoms with Gasteiger partial charge in [0.2, 0.25) is 11.8 Å². The number of anilines is 1. The lowest BCUT2D eigenvalue weighted by Gasteiger charge is -2.11. The lowest BCUT2D eigenvalue weighted by Crippen LogP contribution is -2.48. The molecule has 0 unspecified atom stereocenters. The fourth-order valence-electron chi connectivity index (χ4n) is 2.56. The molecule has 1 aromatic rings. The summed E-state index contributed by atoms with van der Waals surface area (Å²) in [5, 5.41) is 5.38. The second-order valence-electron chi connectivity index (χ2n) is 6.85. The van der Waals surface area contributed by atoms with Gasteiger partial charge in [-0.25, -0.2) is 0 Å². The lowest BCUT2D eigenvalue weighted by molar-refractivity contribution is -0.120. The van der Waals surface area contributed by atoms with Gasteiger partial charge < -0.3 is 10.6 Å². The molecule has 0 aliphatic carbocycles. The van der Waals surface area contributed by atoms with E-state index in [0.717, 1.165) is 38.5 Å². The first kappa shape index (κ1) is 24.6. The van der Waals surface area contributed by atoms with E-state index >= 15 is 0 Å². The van der Waals surface area contributed by atoms with Crippen LogP contribution in [0.4, 0.5) is 5.69 Å². The maximum atomic E-state index is 12.1. The molecular weight excluding hydrogens is 388 g/mol. The molecule has 1 aromatic carbocycles. The summed E-state index contributed by atoms with van der Waals surface area (Å²) in [5.41, 5.74) is 6.00. The Labute approximate surface area is 178 Å². The highest BCUT2D eigenvalue weighted by Gasteiger charge is 2.09. The molecule has 0 saturated carbocycles. The van der Waals surface area contributed by atoms with Crippen LogP contribution in [0.1, 0.15) is 82.0 Å². The Hall–Kier alpha value is -2.48. The molecule has 0 aromatic heterocycles. The van der Waals surface area contributed by atoms with Gasteiger partial charge in [-0.1, -0.05) is 46.0 Å². The van der Waals surface area contributed by atoms with Crippen molar-refractivity contribution in [2.24, 2.45) is 0 Å². The first-order chi connectivity index (χ1) is 14.0. The van der Waals surface area contributed by atoms with E-state index in [1.54, 1.807) is 24.3 Å². The number of hydrogen-bond donors (Lipinski definition) is 4. The van der Waals surface area contributed by atoms with E-state index in [0.29, 0.717) is 24.1 Å². The molecule has 0 saturated heterocycles. The molecule has 4 N–H and O–H groups in total. The molecule has 8 heteroatoms. The Kier molecular flexibility index (Phi) is 12.3. The number of carbonyl (C=O) groups excluding carboxylic acids is 3. The van der Waals surface area contributed by atoms with E-state index < -0.39 is 5.91 Å². The maximum Gasteiger partial charge on any atom is 0.269 e. The van der Waals surface area contributed by atoms with Crippen molar-refractivity contribution in [3.05, 3.63) is 29.8 Å². The molecule has 0 radical (unpaired) electrons. The van der Waals surface area contributed by atoms with E-state index in [9.17, 15) is 14.4 Å². The Balaban J connectivity index is 2.31. The number of thiocarbonyl (C=S) groups is 1. The molecule has 0 aliphatic heterocycles. The second-order valence-corrected chi connectivity index (χ2v) is 7.26. The quantitative estimate of drug-likeness (QED) is 0.248. The number of hydrogen-bond acceptors (Lipinski definition) is 4. The minimum absolute atomic E-state index is 0.0443. The first-order valence-electron chi connectivity index (χ1n) is 10.3. The molecule has 0 spiro atoms. The van der Waals surface area contributed by atoms with Crippen molar-refractivity contribution in [3.8, 4) is 0 Å². The van der Waals surface area contributed by atoms with Gasteiger partial charge in [-0.05, 0) is 49.3 Å². The van der Waals surface area contributed by atoms with Gasteiger partial charge in [0.15, 0.2) is 5.11 Å². The number of hydrazine groups is 1. The summed E-state index contributed by atoms with van der Waals surface area (Å²) in [6, 6.07) is 6.53. The summed E-state index contributed by atoms with van der Waals surface area (Å²) in [7, 11) is 0. The van der Waals surface area contributed by atoms with Gasteiger partial charge in [-0.15, -0.1) is 0 Å². The van der Waals surface area contributed by atoms with Crippen molar-refractivity contribution in [2.75, 3.05) is 5.32 Å². The van der Waals surface area contributed by atoms with Crippen LogP contribution >= 0.6 is 12.2 Å². The predicted molar refractivity (Wildman–Crippen MR) is 119 cm³/mol. The van der Waals surface area contributed by atoms with Crippen LogP contribution in [-0.4, -0.2) is 22.8 Å². The largest absolute Gasteiger partial charge is 0.326 e. The van der Waals surface area contributed by atoms with Gasteiger partial charge in [0.1, 0.15) is 0 Å². The minimum atomic E-state index is -0.398. The Morgan fingerprint density at radius 2 is 1.41 bits per heavy atom. The third-order valence-corrected chi connectivity index (χ3v) is 4.44. The second kappa shape index (κ2) is 14.5. The number of benzene rings is 1. The highest BCUT2D eigenvalue weighted by atomic mass is 32.1. The van der Waals surface area contributed by atoms with Crippen molar-refractivity contribution in [3.63, 3.8) is 0 Å². The molecule has 1 rings (SSSR count). The number of unbranched alkanes of at least 4 members (excludes halogenated alkanes) is 5. The summed E-state index contributed by atoms with van der Waals surface area (Å²) in [6.45, 7) is 4.17. The number of amides is 3. The Morgan fingerprint density at radius 1 is 0.793 bits per heavy atom. The fraction of sp³-hybridized carbons (Fsp3) is 0.524. The third kappa shape index (κ3) is 11.2. The van der Waals surface area contributed by atoms with Crippen molar-refractivity contribution >= 4 is 40.7 Å². The Morgan fingerprint density at radius 3 is 2.07 bits per heavy atom. The normalized spacial score (nSPS) is 10.1. The predicted octanol–water partition coefficient (Wildman–Crippen LogP) is 3.81. The monoisotopic (exact) mass is 420 g/mol. The highest BCUT2D eigenvalue weighted by molar-refractivity contribution is 7.80. The molecule has 0 heterocycles. The smallest absolute Gasteiger partial charge is 0.269 e. The van der Waals surface area contributed by atoms with Crippen LogP contribution in [0.15, 0.2) is 24.3 Å². The van der Waals surface area contributed by atoms with Crippen LogP contribution in [0.2, 0.25) is 0 Å². The van der Waals surface area contributed by atoms with E-state index in [-0.39, 0.29) is 16.9 Å². The maximum absolute atomic E-state index is 12.1. The van der Waals surface area contributed by atoms with Crippen molar-refractivity contribution in [2.45, 2.75) is 71.6 Å². The van der Waals surface area contributed by atoms with Gasteiger partial charge in [0.05, 0.1) is 0 Å². The van der Waals surface area contributed by atoms with Crippen LogP contribution in [0.25, 0.3) is 0 Å². The average molecular weight is 421 g/mol. The molecule has 29 heavy (non-hydrogen) atoms. The lowest BCUT2D eigenvalue weighted by atomic mass is 10.1. The van der Waals surface area contributed by atoms with Crippen molar-refractivity contribution < 1.29 is 14.4 Å². The van der Waals surface area contributed by atoms with Crippen LogP contribution in [-0.2, 0) is 9.59 Å². The topological polar surface area (TPSA) is 99.3 Å². The number of carbonyl (C=O) groups is 3. The first-order valence-corrected chi connectivity index (χ1v) is 10.7. The zero-order chi connectivity index (χ0) is 21.5. The van der Waals surface area contributed by atoms with Crippen LogP contribution in [0.5, 0.6) is 0 Å². The number of nitrogens with one attached hydrogen (secondary N) is 4. The zero-order valence-corrected chi connectivity index (χ0v) is 18.1. The summed E-state index contributed by atoms with van der Waals surface area (Å²) >= 11 is 5.02. The molecule has 160 valence electrons. The van der Waals surface area contributed by atoms with Crippen molar-refractivity contribution in [1.29, 1.82) is 0 Å². The summed E-state index contributed by atoms with van der Waals surface area (Å²) in [5.74, 6) is -0.612. The average Bonchev–Trinajstić information content (AvgIpc) is 2.70. The van der Waals surface area contributed by atoms with E-state index in [1.807, 2.05) is 6.92 Å². The van der Waals surface area contributed by atoms with Gasteiger partial charge in [-0.3, -0.25) is 25.2 Å². The van der Waals surface area contributed by atoms with Crippen LogP contribution in [0, 0.1) is 0 Å². The van der Waals surface area contributed by atoms with Crippen LogP contribution < -0.4 is 21.5 Å². The van der Waals surface area contributed by atoms with E-state index in [1.165, 1.54) is 6.42 Å². The summed E-state index contributed by atoms with van der Waals surface area (Å²) < 4.78 is 0. The van der Waals surface area contributed by atoms with Gasteiger partial charge in [0.25, 0.3) is 5.91 Å². The molecule has 0 fully saturated rings. The van der Waals surface area contributed by atoms with E-state index in [4.69, 9.17) is 12.2 Å². The summed E-state index contributed by atoms with van der Waals surface area (Å²) in [4.78, 5) is 35.7. The molecular formula is C21H32N4O3S. The third-order valence-electron chi connectivity index (χ3n) is 4.24. The minimum Gasteiger partial charge on any atom is -0.326 e. The van der Waals surface area contributed by atoms with Gasteiger partial charge in [0, 0.05) is 24.1 Å². The molecule has 0 atom stereocenters. The Bertz CT molecular complexity index is 677. The van der Waals surface area contributed by atoms with Gasteiger partial charge >= 0.3 is 0 Å². The van der Waals surface area contributed by atoms with E-state index in [2.05, 4.69) is 28.4 Å². The van der Waals surface area contributed by atoms with Gasteiger partial charge in [-0.2, -0.15) is 0 Å². The molecule has 3 amide bonds. The number of rotatable bonds is 11. The standard InChI is InChI=1S/C21H32N4O3S/c1-3-5-7-8-9-11-19(27)23-21(29)25-24-20(28)16-12-14-17(15-13-16)22-18(26)10-6-4-2/h12-15H,3-11H2,1-2H3,(H,22,26)(H,24,28)(H2,23,25,27,29). The van der Waals surface area contributed by atoms with Crippen LogP contribution in [0.3, 0.4) is 0 Å². The molecule has 0 bridgehead atoms. The zero-order valence-electron chi connectivity index (χ0n) is 17.3. The summed E-state index contributed by atoms with van der Waals surface area (Å²) in [6.07, 6.45) is 8.00. The van der Waals surface area contributed by atoms with Crippen molar-refractivity contribution in [1.82, 2.24) is 16.2 Å². The fourth-order valence-corrected chi connectivity index (χ4v) is 2.73. The molecule has 0 aliphatic rings. The molecule has 7 nitrogen and oxygen atoms in total.